The lowest BCUT2D eigenvalue weighted by Crippen LogP contribution is -2.55. The molecule has 2 aliphatic rings. The van der Waals surface area contributed by atoms with E-state index in [-0.39, 0.29) is 13.1 Å². The highest BCUT2D eigenvalue weighted by molar-refractivity contribution is 5.75. The molecule has 184 valence electrons. The van der Waals surface area contributed by atoms with Gasteiger partial charge in [0, 0.05) is 58.0 Å². The Morgan fingerprint density at radius 2 is 1.82 bits per heavy atom. The van der Waals surface area contributed by atoms with E-state index >= 15 is 0 Å². The molecule has 0 saturated carbocycles. The molecule has 2 fully saturated rings. The number of likely N-dealkylation sites (N-methyl/N-ethyl adjacent to an activating group) is 1. The molecule has 2 unspecified atom stereocenters. The Morgan fingerprint density at radius 1 is 1.15 bits per heavy atom. The number of carbonyl (C=O) groups excluding carboxylic acids is 1. The van der Waals surface area contributed by atoms with Crippen molar-refractivity contribution in [2.45, 2.75) is 38.7 Å². The summed E-state index contributed by atoms with van der Waals surface area (Å²) < 4.78 is 42.5. The zero-order chi connectivity index (χ0) is 24.3. The van der Waals surface area contributed by atoms with Crippen molar-refractivity contribution < 1.29 is 32.6 Å². The number of hydrogen-bond acceptors (Lipinski definition) is 6. The summed E-state index contributed by atoms with van der Waals surface area (Å²) in [5, 5.41) is 9.55. The Kier molecular flexibility index (Phi) is 7.73. The molecule has 33 heavy (non-hydrogen) atoms. The third kappa shape index (κ3) is 6.29. The Bertz CT molecular complexity index is 859. The highest BCUT2D eigenvalue weighted by Crippen LogP contribution is 2.27. The normalized spacial score (nSPS) is 21.7. The average Bonchev–Trinajstić information content (AvgIpc) is 2.75. The number of anilines is 1. The number of carbonyl (C=O) groups is 2. The number of carboxylic acids is 1. The van der Waals surface area contributed by atoms with Crippen molar-refractivity contribution in [3.05, 3.63) is 29.3 Å². The van der Waals surface area contributed by atoms with Crippen LogP contribution >= 0.6 is 0 Å². The molecule has 0 aliphatic carbocycles. The first-order valence-corrected chi connectivity index (χ1v) is 11.0. The number of aliphatic carboxylic acids is 1. The number of halogens is 3. The van der Waals surface area contributed by atoms with Crippen molar-refractivity contribution in [1.29, 1.82) is 0 Å². The number of hydrogen-bond donors (Lipinski definition) is 1. The summed E-state index contributed by atoms with van der Waals surface area (Å²) in [5.41, 5.74) is 3.12. The number of benzene rings is 1. The van der Waals surface area contributed by atoms with Gasteiger partial charge in [-0.2, -0.15) is 13.2 Å². The SMILES string of the molecule is Cc1ccc(CN2CCN(C(=O)OC(C)C(F)(F)F)CC2)c(N2CCN(C)C(C(=O)O)C2)c1. The van der Waals surface area contributed by atoms with E-state index in [9.17, 15) is 27.9 Å². The third-order valence-corrected chi connectivity index (χ3v) is 6.28. The third-order valence-electron chi connectivity index (χ3n) is 6.28. The van der Waals surface area contributed by atoms with Crippen LogP contribution in [0.4, 0.5) is 23.7 Å². The lowest BCUT2D eigenvalue weighted by Gasteiger charge is -2.40. The quantitative estimate of drug-likeness (QED) is 0.705. The largest absolute Gasteiger partial charge is 0.480 e. The van der Waals surface area contributed by atoms with Crippen molar-refractivity contribution in [3.8, 4) is 0 Å². The minimum atomic E-state index is -4.58. The van der Waals surface area contributed by atoms with Gasteiger partial charge in [-0.1, -0.05) is 12.1 Å². The first-order valence-electron chi connectivity index (χ1n) is 11.0. The molecule has 3 rings (SSSR count). The van der Waals surface area contributed by atoms with E-state index in [2.05, 4.69) is 20.6 Å². The molecule has 0 radical (unpaired) electrons. The summed E-state index contributed by atoms with van der Waals surface area (Å²) in [4.78, 5) is 31.1. The lowest BCUT2D eigenvalue weighted by molar-refractivity contribution is -0.200. The van der Waals surface area contributed by atoms with Crippen molar-refractivity contribution >= 4 is 17.7 Å². The Balaban J connectivity index is 1.62. The smallest absolute Gasteiger partial charge is 0.425 e. The first-order chi connectivity index (χ1) is 15.5. The van der Waals surface area contributed by atoms with Gasteiger partial charge in [0.2, 0.25) is 0 Å². The molecular weight excluding hydrogens is 441 g/mol. The van der Waals surface area contributed by atoms with Crippen molar-refractivity contribution in [2.75, 3.05) is 57.8 Å². The van der Waals surface area contributed by atoms with Gasteiger partial charge in [-0.25, -0.2) is 4.79 Å². The van der Waals surface area contributed by atoms with Gasteiger partial charge in [-0.05, 0) is 38.1 Å². The topological polar surface area (TPSA) is 76.6 Å². The maximum Gasteiger partial charge on any atom is 0.425 e. The minimum absolute atomic E-state index is 0.278. The van der Waals surface area contributed by atoms with E-state index in [1.54, 1.807) is 0 Å². The first kappa shape index (κ1) is 25.1. The molecule has 0 spiro atoms. The Hall–Kier alpha value is -2.53. The van der Waals surface area contributed by atoms with E-state index in [1.165, 1.54) is 4.90 Å². The monoisotopic (exact) mass is 472 g/mol. The summed E-state index contributed by atoms with van der Waals surface area (Å²) in [6, 6.07) is 5.52. The molecule has 1 aromatic rings. The number of alkyl halides is 3. The van der Waals surface area contributed by atoms with Crippen LogP contribution in [0.2, 0.25) is 0 Å². The van der Waals surface area contributed by atoms with Gasteiger partial charge in [0.1, 0.15) is 6.04 Å². The second-order valence-corrected chi connectivity index (χ2v) is 8.74. The van der Waals surface area contributed by atoms with Crippen LogP contribution in [-0.4, -0.2) is 103 Å². The Labute approximate surface area is 191 Å². The highest BCUT2D eigenvalue weighted by Gasteiger charge is 2.40. The highest BCUT2D eigenvalue weighted by atomic mass is 19.4. The molecule has 11 heteroatoms. The van der Waals surface area contributed by atoms with Gasteiger partial charge in [-0.15, -0.1) is 0 Å². The fraction of sp³-hybridized carbons (Fsp3) is 0.636. The standard InChI is InChI=1S/C22H31F3N4O4/c1-15-4-5-17(18(12-15)29-9-6-26(3)19(14-29)20(30)31)13-27-7-10-28(11-8-27)21(32)33-16(2)22(23,24)25/h4-5,12,16,19H,6-11,13-14H2,1-3H3,(H,30,31). The van der Waals surface area contributed by atoms with E-state index in [1.807, 2.05) is 31.0 Å². The van der Waals surface area contributed by atoms with Gasteiger partial charge in [0.25, 0.3) is 0 Å². The zero-order valence-electron chi connectivity index (χ0n) is 19.1. The van der Waals surface area contributed by atoms with Crippen LogP contribution in [0.3, 0.4) is 0 Å². The van der Waals surface area contributed by atoms with Gasteiger partial charge in [0.05, 0.1) is 0 Å². The number of piperazine rings is 2. The maximum atomic E-state index is 12.6. The van der Waals surface area contributed by atoms with Crippen LogP contribution in [-0.2, 0) is 16.1 Å². The molecule has 0 bridgehead atoms. The molecule has 0 aromatic heterocycles. The van der Waals surface area contributed by atoms with Crippen molar-refractivity contribution in [2.24, 2.45) is 0 Å². The lowest BCUT2D eigenvalue weighted by atomic mass is 10.0. The van der Waals surface area contributed by atoms with Crippen molar-refractivity contribution in [1.82, 2.24) is 14.7 Å². The second-order valence-electron chi connectivity index (χ2n) is 8.74. The maximum absolute atomic E-state index is 12.6. The molecule has 1 N–H and O–H groups in total. The van der Waals surface area contributed by atoms with Crippen LogP contribution < -0.4 is 4.90 Å². The minimum Gasteiger partial charge on any atom is -0.480 e. The summed E-state index contributed by atoms with van der Waals surface area (Å²) in [5.74, 6) is -0.848. The summed E-state index contributed by atoms with van der Waals surface area (Å²) in [6.45, 7) is 6.72. The molecule has 1 amide bonds. The molecule has 2 heterocycles. The molecular formula is C22H31F3N4O4. The fourth-order valence-electron chi connectivity index (χ4n) is 4.08. The summed E-state index contributed by atoms with van der Waals surface area (Å²) in [7, 11) is 1.81. The number of amides is 1. The zero-order valence-corrected chi connectivity index (χ0v) is 19.1. The number of ether oxygens (including phenoxy) is 1. The predicted molar refractivity (Wildman–Crippen MR) is 116 cm³/mol. The summed E-state index contributed by atoms with van der Waals surface area (Å²) >= 11 is 0. The molecule has 2 aliphatic heterocycles. The average molecular weight is 473 g/mol. The number of aryl methyl sites for hydroxylation is 1. The van der Waals surface area contributed by atoms with Crippen LogP contribution in [0.15, 0.2) is 18.2 Å². The molecule has 2 saturated heterocycles. The molecule has 1 aromatic carbocycles. The van der Waals surface area contributed by atoms with Crippen LogP contribution in [0.5, 0.6) is 0 Å². The molecule has 2 atom stereocenters. The van der Waals surface area contributed by atoms with Crippen LogP contribution in [0, 0.1) is 6.92 Å². The number of rotatable bonds is 5. The van der Waals surface area contributed by atoms with E-state index in [0.29, 0.717) is 39.3 Å². The van der Waals surface area contributed by atoms with Crippen LogP contribution in [0.25, 0.3) is 0 Å². The van der Waals surface area contributed by atoms with Gasteiger partial charge < -0.3 is 19.6 Å². The van der Waals surface area contributed by atoms with E-state index < -0.39 is 30.4 Å². The van der Waals surface area contributed by atoms with Gasteiger partial charge in [0.15, 0.2) is 6.10 Å². The van der Waals surface area contributed by atoms with Crippen molar-refractivity contribution in [3.63, 3.8) is 0 Å². The molecule has 8 nitrogen and oxygen atoms in total. The predicted octanol–water partition coefficient (Wildman–Crippen LogP) is 2.41. The Morgan fingerprint density at radius 3 is 2.42 bits per heavy atom. The van der Waals surface area contributed by atoms with E-state index in [4.69, 9.17) is 0 Å². The van der Waals surface area contributed by atoms with E-state index in [0.717, 1.165) is 23.7 Å². The van der Waals surface area contributed by atoms with Gasteiger partial charge in [-0.3, -0.25) is 14.6 Å². The van der Waals surface area contributed by atoms with Gasteiger partial charge >= 0.3 is 18.2 Å². The van der Waals surface area contributed by atoms with Crippen LogP contribution in [0.1, 0.15) is 18.1 Å². The number of carboxylic acid groups (broad SMARTS) is 1. The second kappa shape index (κ2) is 10.2. The number of nitrogens with zero attached hydrogens (tertiary/aromatic N) is 4. The summed E-state index contributed by atoms with van der Waals surface area (Å²) in [6.07, 6.45) is -7.67. The fourth-order valence-corrected chi connectivity index (χ4v) is 4.08.